The molecule has 0 bridgehead atoms. The van der Waals surface area contributed by atoms with Crippen molar-refractivity contribution < 1.29 is 23.1 Å². The maximum absolute atomic E-state index is 12.4. The predicted octanol–water partition coefficient (Wildman–Crippen LogP) is 2.17. The molecule has 2 aromatic carbocycles. The van der Waals surface area contributed by atoms with E-state index in [0.717, 1.165) is 0 Å². The number of carboxylic acids is 1. The summed E-state index contributed by atoms with van der Waals surface area (Å²) >= 11 is 11.8. The molecule has 6 nitrogen and oxygen atoms in total. The van der Waals surface area contributed by atoms with Gasteiger partial charge in [-0.2, -0.15) is 0 Å². The van der Waals surface area contributed by atoms with Crippen LogP contribution >= 0.6 is 23.2 Å². The number of aromatic carboxylic acids is 1. The minimum atomic E-state index is -4.01. The molecule has 0 atom stereocenters. The second-order valence-electron chi connectivity index (χ2n) is 4.36. The molecule has 1 N–H and O–H groups in total. The SMILES string of the molecule is COc1c(S(=O)(=O)Nc2ccc(C(=O)[O-])cc2)ccc(Cl)c1Cl. The molecule has 0 heterocycles. The van der Waals surface area contributed by atoms with E-state index in [4.69, 9.17) is 27.9 Å². The normalized spacial score (nSPS) is 11.1. The van der Waals surface area contributed by atoms with Gasteiger partial charge in [0.25, 0.3) is 10.0 Å². The number of rotatable bonds is 5. The Kier molecular flexibility index (Phi) is 5.03. The van der Waals surface area contributed by atoms with Crippen LogP contribution in [0.4, 0.5) is 5.69 Å². The number of halogens is 2. The molecule has 0 saturated heterocycles. The zero-order valence-electron chi connectivity index (χ0n) is 11.7. The van der Waals surface area contributed by atoms with E-state index in [-0.39, 0.29) is 31.9 Å². The number of carbonyl (C=O) groups is 1. The third-order valence-electron chi connectivity index (χ3n) is 2.88. The van der Waals surface area contributed by atoms with Crippen LogP contribution in [0.15, 0.2) is 41.3 Å². The van der Waals surface area contributed by atoms with Crippen LogP contribution in [0.1, 0.15) is 10.4 Å². The second kappa shape index (κ2) is 6.66. The predicted molar refractivity (Wildman–Crippen MR) is 84.6 cm³/mol. The average Bonchev–Trinajstić information content (AvgIpc) is 2.49. The van der Waals surface area contributed by atoms with Gasteiger partial charge in [0.15, 0.2) is 5.75 Å². The van der Waals surface area contributed by atoms with E-state index >= 15 is 0 Å². The molecule has 0 aromatic heterocycles. The lowest BCUT2D eigenvalue weighted by Crippen LogP contribution is -2.22. The third-order valence-corrected chi connectivity index (χ3v) is 5.07. The minimum Gasteiger partial charge on any atom is -0.545 e. The summed E-state index contributed by atoms with van der Waals surface area (Å²) in [5.74, 6) is -1.44. The van der Waals surface area contributed by atoms with Crippen molar-refractivity contribution in [2.24, 2.45) is 0 Å². The van der Waals surface area contributed by atoms with E-state index in [9.17, 15) is 18.3 Å². The fourth-order valence-electron chi connectivity index (χ4n) is 1.80. The highest BCUT2D eigenvalue weighted by Gasteiger charge is 2.23. The molecule has 9 heteroatoms. The van der Waals surface area contributed by atoms with Crippen LogP contribution in [-0.2, 0) is 10.0 Å². The summed E-state index contributed by atoms with van der Waals surface area (Å²) in [7, 11) is -2.74. The fourth-order valence-corrected chi connectivity index (χ4v) is 3.48. The van der Waals surface area contributed by atoms with Crippen LogP contribution < -0.4 is 14.6 Å². The summed E-state index contributed by atoms with van der Waals surface area (Å²) in [5, 5.41) is 10.8. The number of carboxylic acid groups (broad SMARTS) is 1. The molecule has 0 aliphatic rings. The first kappa shape index (κ1) is 17.4. The van der Waals surface area contributed by atoms with Gasteiger partial charge in [0.1, 0.15) is 9.92 Å². The Morgan fingerprint density at radius 1 is 1.13 bits per heavy atom. The number of anilines is 1. The number of carbonyl (C=O) groups excluding carboxylic acids is 1. The highest BCUT2D eigenvalue weighted by molar-refractivity contribution is 7.92. The quantitative estimate of drug-likeness (QED) is 0.864. The topological polar surface area (TPSA) is 95.5 Å². The lowest BCUT2D eigenvalue weighted by Gasteiger charge is -2.13. The Labute approximate surface area is 142 Å². The van der Waals surface area contributed by atoms with Crippen molar-refractivity contribution in [2.75, 3.05) is 11.8 Å². The summed E-state index contributed by atoms with van der Waals surface area (Å²) < 4.78 is 32.2. The van der Waals surface area contributed by atoms with E-state index in [1.807, 2.05) is 0 Å². The molecule has 122 valence electrons. The number of ether oxygens (including phenoxy) is 1. The number of sulfonamides is 1. The monoisotopic (exact) mass is 374 g/mol. The molecule has 0 fully saturated rings. The molecule has 0 radical (unpaired) electrons. The number of nitrogens with one attached hydrogen (secondary N) is 1. The maximum atomic E-state index is 12.4. The first-order valence-corrected chi connectivity index (χ1v) is 8.36. The first-order valence-electron chi connectivity index (χ1n) is 6.12. The van der Waals surface area contributed by atoms with Crippen molar-refractivity contribution >= 4 is 44.9 Å². The lowest BCUT2D eigenvalue weighted by molar-refractivity contribution is -0.255. The van der Waals surface area contributed by atoms with Crippen molar-refractivity contribution in [1.29, 1.82) is 0 Å². The third kappa shape index (κ3) is 3.69. The Morgan fingerprint density at radius 2 is 1.74 bits per heavy atom. The number of hydrogen-bond acceptors (Lipinski definition) is 5. The highest BCUT2D eigenvalue weighted by atomic mass is 35.5. The van der Waals surface area contributed by atoms with Crippen molar-refractivity contribution in [3.05, 3.63) is 52.0 Å². The number of benzene rings is 2. The lowest BCUT2D eigenvalue weighted by atomic mass is 10.2. The van der Waals surface area contributed by atoms with Crippen LogP contribution in [-0.4, -0.2) is 21.5 Å². The maximum Gasteiger partial charge on any atom is 0.265 e. The summed E-state index contributed by atoms with van der Waals surface area (Å²) in [6, 6.07) is 7.63. The van der Waals surface area contributed by atoms with Gasteiger partial charge >= 0.3 is 0 Å². The smallest absolute Gasteiger partial charge is 0.265 e. The van der Waals surface area contributed by atoms with Crippen LogP contribution in [0.3, 0.4) is 0 Å². The van der Waals surface area contributed by atoms with Gasteiger partial charge in [-0.25, -0.2) is 8.42 Å². The minimum absolute atomic E-state index is 0.0238. The van der Waals surface area contributed by atoms with Gasteiger partial charge in [0.05, 0.1) is 18.1 Å². The van der Waals surface area contributed by atoms with Crippen LogP contribution in [0.25, 0.3) is 0 Å². The van der Waals surface area contributed by atoms with Gasteiger partial charge in [-0.3, -0.25) is 4.72 Å². The van der Waals surface area contributed by atoms with E-state index in [0.29, 0.717) is 0 Å². The number of methoxy groups -OCH3 is 1. The standard InChI is InChI=1S/C14H11Cl2NO5S/c1-22-13-11(7-6-10(15)12(13)16)23(20,21)17-9-4-2-8(3-5-9)14(18)19/h2-7,17H,1H3,(H,18,19)/p-1. The van der Waals surface area contributed by atoms with Crippen LogP contribution in [0.2, 0.25) is 10.0 Å². The van der Waals surface area contributed by atoms with Crippen LogP contribution in [0.5, 0.6) is 5.75 Å². The Hall–Kier alpha value is -1.96. The summed E-state index contributed by atoms with van der Waals surface area (Å²) in [6.45, 7) is 0. The van der Waals surface area contributed by atoms with Gasteiger partial charge in [-0.05, 0) is 29.8 Å². The van der Waals surface area contributed by atoms with E-state index in [2.05, 4.69) is 4.72 Å². The van der Waals surface area contributed by atoms with Crippen molar-refractivity contribution in [3.63, 3.8) is 0 Å². The van der Waals surface area contributed by atoms with Crippen molar-refractivity contribution in [1.82, 2.24) is 0 Å². The molecule has 2 rings (SSSR count). The largest absolute Gasteiger partial charge is 0.545 e. The molecule has 23 heavy (non-hydrogen) atoms. The second-order valence-corrected chi connectivity index (χ2v) is 6.80. The highest BCUT2D eigenvalue weighted by Crippen LogP contribution is 2.37. The molecule has 0 spiro atoms. The molecule has 0 amide bonds. The van der Waals surface area contributed by atoms with Gasteiger partial charge in [0.2, 0.25) is 0 Å². The Bertz CT molecular complexity index is 850. The zero-order chi connectivity index (χ0) is 17.2. The Balaban J connectivity index is 2.39. The van der Waals surface area contributed by atoms with E-state index in [1.54, 1.807) is 0 Å². The fraction of sp³-hybridized carbons (Fsp3) is 0.0714. The summed E-state index contributed by atoms with van der Waals surface area (Å²) in [6.07, 6.45) is 0. The molecule has 0 unspecified atom stereocenters. The van der Waals surface area contributed by atoms with E-state index < -0.39 is 16.0 Å². The number of hydrogen-bond donors (Lipinski definition) is 1. The van der Waals surface area contributed by atoms with Gasteiger partial charge < -0.3 is 14.6 Å². The van der Waals surface area contributed by atoms with Gasteiger partial charge in [-0.15, -0.1) is 0 Å². The molecule has 2 aromatic rings. The van der Waals surface area contributed by atoms with Crippen molar-refractivity contribution in [2.45, 2.75) is 4.90 Å². The summed E-state index contributed by atoms with van der Waals surface area (Å²) in [5.41, 5.74) is 0.100. The van der Waals surface area contributed by atoms with E-state index in [1.165, 1.54) is 43.5 Å². The molecule has 0 aliphatic carbocycles. The molecular weight excluding hydrogens is 365 g/mol. The summed E-state index contributed by atoms with van der Waals surface area (Å²) in [4.78, 5) is 10.5. The van der Waals surface area contributed by atoms with Gasteiger partial charge in [-0.1, -0.05) is 35.3 Å². The zero-order valence-corrected chi connectivity index (χ0v) is 14.0. The van der Waals surface area contributed by atoms with Crippen molar-refractivity contribution in [3.8, 4) is 5.75 Å². The first-order chi connectivity index (χ1) is 10.8. The molecular formula is C14H10Cl2NO5S-. The van der Waals surface area contributed by atoms with Gasteiger partial charge in [0, 0.05) is 5.69 Å². The Morgan fingerprint density at radius 3 is 2.26 bits per heavy atom. The van der Waals surface area contributed by atoms with Crippen LogP contribution in [0, 0.1) is 0 Å². The average molecular weight is 375 g/mol. The molecule has 0 saturated carbocycles. The molecule has 0 aliphatic heterocycles.